The van der Waals surface area contributed by atoms with E-state index < -0.39 is 0 Å². The summed E-state index contributed by atoms with van der Waals surface area (Å²) < 4.78 is 0. The predicted molar refractivity (Wildman–Crippen MR) is 90.7 cm³/mol. The molecule has 1 aliphatic heterocycles. The Kier molecular flexibility index (Phi) is 3.66. The van der Waals surface area contributed by atoms with E-state index in [-0.39, 0.29) is 5.66 Å². The summed E-state index contributed by atoms with van der Waals surface area (Å²) in [6, 6.07) is 20.5. The van der Waals surface area contributed by atoms with Crippen molar-refractivity contribution in [2.24, 2.45) is 5.92 Å². The number of hydrazine groups is 1. The fraction of sp³-hybridized carbons (Fsp3) is 0.235. The molecule has 2 N–H and O–H groups in total. The molecule has 0 spiro atoms. The quantitative estimate of drug-likeness (QED) is 0.849. The summed E-state index contributed by atoms with van der Waals surface area (Å²) in [6.45, 7) is 4.37. The molecule has 2 aromatic rings. The van der Waals surface area contributed by atoms with Gasteiger partial charge in [0.15, 0.2) is 5.11 Å². The molecule has 3 nitrogen and oxygen atoms in total. The first-order valence-electron chi connectivity index (χ1n) is 7.14. The fourth-order valence-electron chi connectivity index (χ4n) is 2.68. The maximum atomic E-state index is 5.54. The van der Waals surface area contributed by atoms with Gasteiger partial charge in [-0.3, -0.25) is 0 Å². The van der Waals surface area contributed by atoms with Gasteiger partial charge in [-0.05, 0) is 35.8 Å². The monoisotopic (exact) mass is 297 g/mol. The van der Waals surface area contributed by atoms with Gasteiger partial charge in [-0.1, -0.05) is 62.4 Å². The number of rotatable bonds is 3. The Bertz CT molecular complexity index is 627. The van der Waals surface area contributed by atoms with Crippen LogP contribution < -0.4 is 15.8 Å². The summed E-state index contributed by atoms with van der Waals surface area (Å²) in [7, 11) is 0. The molecule has 0 amide bonds. The molecule has 0 aliphatic carbocycles. The number of anilines is 1. The van der Waals surface area contributed by atoms with Crippen LogP contribution in [0.4, 0.5) is 5.69 Å². The van der Waals surface area contributed by atoms with Crippen LogP contribution in [0.3, 0.4) is 0 Å². The van der Waals surface area contributed by atoms with Gasteiger partial charge in [0.1, 0.15) is 5.66 Å². The molecule has 2 aromatic carbocycles. The lowest BCUT2D eigenvalue weighted by Crippen LogP contribution is -2.52. The lowest BCUT2D eigenvalue weighted by molar-refractivity contribution is 0.247. The first kappa shape index (κ1) is 14.0. The maximum absolute atomic E-state index is 5.54. The molecule has 108 valence electrons. The molecule has 1 fully saturated rings. The summed E-state index contributed by atoms with van der Waals surface area (Å²) in [5.74, 6) is 0.326. The third-order valence-corrected chi connectivity index (χ3v) is 4.19. The Morgan fingerprint density at radius 1 is 0.952 bits per heavy atom. The lowest BCUT2D eigenvalue weighted by Gasteiger charge is -2.34. The number of thiocarbonyl (C=S) groups is 1. The van der Waals surface area contributed by atoms with E-state index >= 15 is 0 Å². The topological polar surface area (TPSA) is 27.3 Å². The van der Waals surface area contributed by atoms with E-state index in [1.807, 2.05) is 41.4 Å². The molecule has 1 atom stereocenters. The molecular weight excluding hydrogens is 278 g/mol. The molecule has 1 saturated heterocycles. The van der Waals surface area contributed by atoms with Crippen molar-refractivity contribution in [3.05, 3.63) is 66.2 Å². The molecule has 1 aliphatic rings. The SMILES string of the molecule is CC(C)[C@]1(c2ccccc2)NC(=S)N(c2ccccc2)N1. The highest BCUT2D eigenvalue weighted by Gasteiger charge is 2.44. The number of para-hydroxylation sites is 1. The van der Waals surface area contributed by atoms with Crippen LogP contribution >= 0.6 is 12.2 Å². The van der Waals surface area contributed by atoms with Crippen molar-refractivity contribution in [3.63, 3.8) is 0 Å². The molecule has 0 unspecified atom stereocenters. The predicted octanol–water partition coefficient (Wildman–Crippen LogP) is 3.39. The van der Waals surface area contributed by atoms with E-state index in [1.165, 1.54) is 5.56 Å². The van der Waals surface area contributed by atoms with Gasteiger partial charge in [0.05, 0.1) is 5.69 Å². The number of nitrogens with zero attached hydrogens (tertiary/aromatic N) is 1. The third kappa shape index (κ3) is 2.41. The summed E-state index contributed by atoms with van der Waals surface area (Å²) in [5.41, 5.74) is 5.40. The highest BCUT2D eigenvalue weighted by atomic mass is 32.1. The Labute approximate surface area is 130 Å². The van der Waals surface area contributed by atoms with Crippen molar-refractivity contribution >= 4 is 23.0 Å². The van der Waals surface area contributed by atoms with Crippen molar-refractivity contribution in [1.29, 1.82) is 0 Å². The van der Waals surface area contributed by atoms with Crippen LogP contribution in [0.5, 0.6) is 0 Å². The van der Waals surface area contributed by atoms with Crippen LogP contribution in [0.25, 0.3) is 0 Å². The van der Waals surface area contributed by atoms with Crippen molar-refractivity contribution < 1.29 is 0 Å². The van der Waals surface area contributed by atoms with Gasteiger partial charge >= 0.3 is 0 Å². The van der Waals surface area contributed by atoms with Gasteiger partial charge in [-0.2, -0.15) is 5.43 Å². The normalized spacial score (nSPS) is 21.7. The highest BCUT2D eigenvalue weighted by Crippen LogP contribution is 2.32. The first-order valence-corrected chi connectivity index (χ1v) is 7.55. The van der Waals surface area contributed by atoms with Crippen LogP contribution in [0.1, 0.15) is 19.4 Å². The second-order valence-corrected chi connectivity index (χ2v) is 5.93. The largest absolute Gasteiger partial charge is 0.338 e. The fourth-order valence-corrected chi connectivity index (χ4v) is 3.00. The lowest BCUT2D eigenvalue weighted by atomic mass is 9.89. The van der Waals surface area contributed by atoms with E-state index in [1.54, 1.807) is 0 Å². The molecule has 1 heterocycles. The molecule has 3 rings (SSSR count). The molecule has 0 saturated carbocycles. The van der Waals surface area contributed by atoms with Gasteiger partial charge in [0, 0.05) is 0 Å². The average Bonchev–Trinajstić information content (AvgIpc) is 2.88. The number of nitrogens with one attached hydrogen (secondary N) is 2. The molecule has 4 heteroatoms. The smallest absolute Gasteiger partial charge is 0.190 e. The Balaban J connectivity index is 2.00. The minimum atomic E-state index is -0.381. The summed E-state index contributed by atoms with van der Waals surface area (Å²) in [6.07, 6.45) is 0. The Morgan fingerprint density at radius 2 is 1.52 bits per heavy atom. The minimum absolute atomic E-state index is 0.326. The maximum Gasteiger partial charge on any atom is 0.190 e. The van der Waals surface area contributed by atoms with E-state index in [2.05, 4.69) is 48.9 Å². The molecule has 21 heavy (non-hydrogen) atoms. The van der Waals surface area contributed by atoms with Crippen molar-refractivity contribution in [2.75, 3.05) is 5.01 Å². The van der Waals surface area contributed by atoms with E-state index in [4.69, 9.17) is 12.2 Å². The average molecular weight is 297 g/mol. The van der Waals surface area contributed by atoms with Crippen LogP contribution in [0.15, 0.2) is 60.7 Å². The number of hydrogen-bond donors (Lipinski definition) is 2. The summed E-state index contributed by atoms with van der Waals surface area (Å²) in [5, 5.41) is 6.12. The zero-order chi connectivity index (χ0) is 14.9. The van der Waals surface area contributed by atoms with Gasteiger partial charge in [-0.25, -0.2) is 5.01 Å². The Morgan fingerprint density at radius 3 is 2.10 bits per heavy atom. The third-order valence-electron chi connectivity index (χ3n) is 3.90. The summed E-state index contributed by atoms with van der Waals surface area (Å²) in [4.78, 5) is 0. The van der Waals surface area contributed by atoms with E-state index in [9.17, 15) is 0 Å². The first-order chi connectivity index (χ1) is 10.1. The summed E-state index contributed by atoms with van der Waals surface area (Å²) >= 11 is 5.54. The van der Waals surface area contributed by atoms with Crippen LogP contribution in [0, 0.1) is 5.92 Å². The molecule has 0 radical (unpaired) electrons. The second-order valence-electron chi connectivity index (χ2n) is 5.54. The van der Waals surface area contributed by atoms with E-state index in [0.717, 1.165) is 5.69 Å². The number of benzene rings is 2. The Hall–Kier alpha value is -1.91. The number of hydrogen-bond acceptors (Lipinski definition) is 2. The van der Waals surface area contributed by atoms with Gasteiger partial charge in [-0.15, -0.1) is 0 Å². The second kappa shape index (κ2) is 5.47. The zero-order valence-corrected chi connectivity index (χ0v) is 13.0. The van der Waals surface area contributed by atoms with Gasteiger partial charge in [0.25, 0.3) is 0 Å². The standard InChI is InChI=1S/C17H19N3S/c1-13(2)17(14-9-5-3-6-10-14)18-16(21)20(19-17)15-11-7-4-8-12-15/h3-13,19H,1-2H3,(H,18,21)/t17-/m0/s1. The van der Waals surface area contributed by atoms with Crippen LogP contribution in [-0.4, -0.2) is 5.11 Å². The van der Waals surface area contributed by atoms with Gasteiger partial charge in [0.2, 0.25) is 0 Å². The molecule has 0 bridgehead atoms. The molecular formula is C17H19N3S. The van der Waals surface area contributed by atoms with Gasteiger partial charge < -0.3 is 5.32 Å². The van der Waals surface area contributed by atoms with Crippen molar-refractivity contribution in [2.45, 2.75) is 19.5 Å². The zero-order valence-electron chi connectivity index (χ0n) is 12.2. The highest BCUT2D eigenvalue weighted by molar-refractivity contribution is 7.80. The minimum Gasteiger partial charge on any atom is -0.338 e. The van der Waals surface area contributed by atoms with E-state index in [0.29, 0.717) is 11.0 Å². The van der Waals surface area contributed by atoms with Crippen LogP contribution in [0.2, 0.25) is 0 Å². The van der Waals surface area contributed by atoms with Crippen molar-refractivity contribution in [1.82, 2.24) is 10.7 Å². The molecule has 0 aromatic heterocycles. The van der Waals surface area contributed by atoms with Crippen LogP contribution in [-0.2, 0) is 5.66 Å². The van der Waals surface area contributed by atoms with Crippen molar-refractivity contribution in [3.8, 4) is 0 Å².